The van der Waals surface area contributed by atoms with Crippen LogP contribution in [0.15, 0.2) is 59.9 Å². The van der Waals surface area contributed by atoms with Crippen molar-refractivity contribution in [3.8, 4) is 5.75 Å². The molecule has 0 saturated carbocycles. The predicted octanol–water partition coefficient (Wildman–Crippen LogP) is 5.41. The third-order valence-electron chi connectivity index (χ3n) is 5.63. The summed E-state index contributed by atoms with van der Waals surface area (Å²) in [5, 5.41) is 0. The van der Waals surface area contributed by atoms with Crippen molar-refractivity contribution in [2.45, 2.75) is 42.7 Å². The summed E-state index contributed by atoms with van der Waals surface area (Å²) in [6, 6.07) is 8.75. The molecular weight excluding hydrogens is 493 g/mol. The fourth-order valence-corrected chi connectivity index (χ4v) is 5.03. The minimum atomic E-state index is -4.61. The first-order valence-corrected chi connectivity index (χ1v) is 12.1. The van der Waals surface area contributed by atoms with E-state index in [9.17, 15) is 30.4 Å². The number of hydrogen-bond acceptors (Lipinski definition) is 5. The average Bonchev–Trinajstić information content (AvgIpc) is 2.81. The van der Waals surface area contributed by atoms with Crippen molar-refractivity contribution in [1.82, 2.24) is 9.97 Å². The quantitative estimate of drug-likeness (QED) is 0.428. The molecule has 2 heterocycles. The highest BCUT2D eigenvalue weighted by Crippen LogP contribution is 2.42. The summed E-state index contributed by atoms with van der Waals surface area (Å²) in [4.78, 5) is 7.45. The molecule has 3 aromatic rings. The predicted molar refractivity (Wildman–Crippen MR) is 117 cm³/mol. The van der Waals surface area contributed by atoms with E-state index in [1.807, 2.05) is 0 Å². The molecule has 0 saturated heterocycles. The lowest BCUT2D eigenvalue weighted by Gasteiger charge is -2.29. The van der Waals surface area contributed by atoms with Gasteiger partial charge < -0.3 is 4.74 Å². The lowest BCUT2D eigenvalue weighted by Crippen LogP contribution is -2.19. The highest BCUT2D eigenvalue weighted by atomic mass is 32.2. The van der Waals surface area contributed by atoms with Gasteiger partial charge in [-0.25, -0.2) is 27.2 Å². The van der Waals surface area contributed by atoms with E-state index in [1.165, 1.54) is 42.9 Å². The maximum absolute atomic E-state index is 13.3. The van der Waals surface area contributed by atoms with Crippen molar-refractivity contribution in [3.63, 3.8) is 0 Å². The Labute approximate surface area is 198 Å². The molecule has 6 nitrogen and oxygen atoms in total. The van der Waals surface area contributed by atoms with Crippen LogP contribution >= 0.6 is 0 Å². The molecule has 12 heteroatoms. The van der Waals surface area contributed by atoms with E-state index in [-0.39, 0.29) is 35.1 Å². The number of alkyl halides is 5. The maximum Gasteiger partial charge on any atom is 0.416 e. The molecule has 186 valence electrons. The molecule has 0 bridgehead atoms. The van der Waals surface area contributed by atoms with Crippen LogP contribution in [0.1, 0.15) is 41.0 Å². The number of benzene rings is 2. The van der Waals surface area contributed by atoms with E-state index in [1.54, 1.807) is 0 Å². The lowest BCUT2D eigenvalue weighted by molar-refractivity contribution is -0.137. The van der Waals surface area contributed by atoms with Crippen molar-refractivity contribution < 1.29 is 35.1 Å². The first-order chi connectivity index (χ1) is 16.5. The molecule has 1 unspecified atom stereocenters. The van der Waals surface area contributed by atoms with Crippen molar-refractivity contribution in [3.05, 3.63) is 77.2 Å². The smallest absolute Gasteiger partial charge is 0.416 e. The topological polar surface area (TPSA) is 81.2 Å². The van der Waals surface area contributed by atoms with Crippen LogP contribution in [0.4, 0.5) is 27.8 Å². The summed E-state index contributed by atoms with van der Waals surface area (Å²) in [6.45, 7) is 0.176. The molecule has 0 amide bonds. The number of nitrogens with one attached hydrogen (secondary N) is 1. The Morgan fingerprint density at radius 1 is 1.09 bits per heavy atom. The highest BCUT2D eigenvalue weighted by molar-refractivity contribution is 7.92. The summed E-state index contributed by atoms with van der Waals surface area (Å²) in [7, 11) is -4.01. The third-order valence-corrected chi connectivity index (χ3v) is 6.99. The number of rotatable bonds is 7. The van der Waals surface area contributed by atoms with Crippen LogP contribution in [-0.4, -0.2) is 31.4 Å². The molecule has 4 rings (SSSR count). The Balaban J connectivity index is 1.69. The van der Waals surface area contributed by atoms with Crippen molar-refractivity contribution in [1.29, 1.82) is 0 Å². The number of fused-ring (bicyclic) bond motifs is 1. The van der Waals surface area contributed by atoms with Gasteiger partial charge in [-0.2, -0.15) is 13.2 Å². The molecule has 1 aromatic heterocycles. The number of aromatic nitrogens is 2. The van der Waals surface area contributed by atoms with Gasteiger partial charge in [0.1, 0.15) is 17.9 Å². The van der Waals surface area contributed by atoms with Crippen LogP contribution in [0.25, 0.3) is 0 Å². The SMILES string of the molecule is O=S(=O)(Nc1ccncn1)c1ccc2c(c1)OCCC2c1ccc(C(F)(F)F)cc1CCC(F)F. The minimum Gasteiger partial charge on any atom is -0.493 e. The zero-order valence-electron chi connectivity index (χ0n) is 18.1. The van der Waals surface area contributed by atoms with Crippen LogP contribution in [0.3, 0.4) is 0 Å². The van der Waals surface area contributed by atoms with Gasteiger partial charge in [0.25, 0.3) is 10.0 Å². The first-order valence-electron chi connectivity index (χ1n) is 10.6. The van der Waals surface area contributed by atoms with Gasteiger partial charge in [0.2, 0.25) is 6.43 Å². The fraction of sp³-hybridized carbons (Fsp3) is 0.304. The van der Waals surface area contributed by atoms with Gasteiger partial charge in [-0.05, 0) is 48.2 Å². The normalized spacial score (nSPS) is 16.0. The maximum atomic E-state index is 13.3. The van der Waals surface area contributed by atoms with Gasteiger partial charge in [-0.15, -0.1) is 0 Å². The number of aryl methyl sites for hydroxylation is 1. The zero-order valence-corrected chi connectivity index (χ0v) is 18.9. The van der Waals surface area contributed by atoms with Crippen molar-refractivity contribution in [2.24, 2.45) is 0 Å². The molecule has 0 radical (unpaired) electrons. The number of halogens is 5. The van der Waals surface area contributed by atoms with Crippen molar-refractivity contribution >= 4 is 15.8 Å². The van der Waals surface area contributed by atoms with Crippen molar-refractivity contribution in [2.75, 3.05) is 11.3 Å². The number of ether oxygens (including phenoxy) is 1. The van der Waals surface area contributed by atoms with E-state index in [2.05, 4.69) is 14.7 Å². The number of anilines is 1. The van der Waals surface area contributed by atoms with Gasteiger partial charge >= 0.3 is 6.18 Å². The lowest BCUT2D eigenvalue weighted by atomic mass is 9.82. The van der Waals surface area contributed by atoms with E-state index in [0.717, 1.165) is 12.1 Å². The summed E-state index contributed by atoms with van der Waals surface area (Å²) >= 11 is 0. The Morgan fingerprint density at radius 2 is 1.86 bits per heavy atom. The Morgan fingerprint density at radius 3 is 2.54 bits per heavy atom. The molecule has 1 aliphatic rings. The third kappa shape index (κ3) is 5.69. The molecule has 2 aromatic carbocycles. The standard InChI is InChI=1S/C23H20F5N3O3S/c24-21(25)6-1-14-11-15(23(26,27)28)2-4-17(14)18-8-10-34-20-12-16(3-5-19(18)20)35(32,33)31-22-7-9-29-13-30-22/h2-5,7,9,11-13,18,21H,1,6,8,10H2,(H,29,30,31). The van der Waals surface area contributed by atoms with Crippen LogP contribution < -0.4 is 9.46 Å². The minimum absolute atomic E-state index is 0.0740. The zero-order chi connectivity index (χ0) is 25.2. The van der Waals surface area contributed by atoms with Crippen LogP contribution in [0.5, 0.6) is 5.75 Å². The molecular formula is C23H20F5N3O3S. The van der Waals surface area contributed by atoms with Crippen LogP contribution in [0.2, 0.25) is 0 Å². The first kappa shape index (κ1) is 24.8. The summed E-state index contributed by atoms with van der Waals surface area (Å²) in [6.07, 6.45) is -5.10. The molecule has 1 N–H and O–H groups in total. The Kier molecular flexibility index (Phi) is 6.93. The summed E-state index contributed by atoms with van der Waals surface area (Å²) < 4.78 is 99.0. The van der Waals surface area contributed by atoms with Crippen LogP contribution in [0, 0.1) is 0 Å². The Bertz CT molecular complexity index is 1300. The van der Waals surface area contributed by atoms with Gasteiger partial charge in [-0.3, -0.25) is 4.72 Å². The highest BCUT2D eigenvalue weighted by Gasteiger charge is 2.33. The molecule has 35 heavy (non-hydrogen) atoms. The van der Waals surface area contributed by atoms with E-state index in [0.29, 0.717) is 17.5 Å². The van der Waals surface area contributed by atoms with Gasteiger partial charge in [0.15, 0.2) is 0 Å². The van der Waals surface area contributed by atoms with E-state index in [4.69, 9.17) is 4.74 Å². The monoisotopic (exact) mass is 513 g/mol. The second-order valence-corrected chi connectivity index (χ2v) is 9.61. The Hall–Kier alpha value is -3.28. The van der Waals surface area contributed by atoms with Crippen LogP contribution in [-0.2, 0) is 22.6 Å². The molecule has 0 aliphatic carbocycles. The van der Waals surface area contributed by atoms with Gasteiger partial charge in [0.05, 0.1) is 17.1 Å². The summed E-state index contributed by atoms with van der Waals surface area (Å²) in [5.74, 6) is -0.114. The second-order valence-electron chi connectivity index (χ2n) is 7.93. The van der Waals surface area contributed by atoms with Gasteiger partial charge in [0, 0.05) is 30.2 Å². The number of hydrogen-bond donors (Lipinski definition) is 1. The largest absolute Gasteiger partial charge is 0.493 e. The fourth-order valence-electron chi connectivity index (χ4n) is 4.01. The van der Waals surface area contributed by atoms with E-state index >= 15 is 0 Å². The summed E-state index contributed by atoms with van der Waals surface area (Å²) in [5.41, 5.74) is 0.323. The molecule has 1 aliphatic heterocycles. The average molecular weight is 513 g/mol. The molecule has 0 spiro atoms. The van der Waals surface area contributed by atoms with Gasteiger partial charge in [-0.1, -0.05) is 12.1 Å². The number of nitrogens with zero attached hydrogens (tertiary/aromatic N) is 2. The van der Waals surface area contributed by atoms with E-state index < -0.39 is 40.5 Å². The number of sulfonamides is 1. The molecule has 1 atom stereocenters. The molecule has 0 fully saturated rings. The second kappa shape index (κ2) is 9.76.